The van der Waals surface area contributed by atoms with Crippen LogP contribution in [-0.4, -0.2) is 59.5 Å². The van der Waals surface area contributed by atoms with E-state index in [0.29, 0.717) is 36.4 Å². The first-order chi connectivity index (χ1) is 19.1. The summed E-state index contributed by atoms with van der Waals surface area (Å²) in [5, 5.41) is 5.85. The fourth-order valence-electron chi connectivity index (χ4n) is 4.31. The number of hydrogen-bond acceptors (Lipinski definition) is 5. The predicted octanol–water partition coefficient (Wildman–Crippen LogP) is 6.46. The number of benzene rings is 1. The minimum atomic E-state index is -0.843. The Morgan fingerprint density at radius 3 is 2.20 bits per heavy atom. The van der Waals surface area contributed by atoms with E-state index in [1.807, 2.05) is 18.4 Å². The number of nitrogens with zero attached hydrogens (tertiary/aromatic N) is 1. The summed E-state index contributed by atoms with van der Waals surface area (Å²) in [6.45, 7) is 10.6. The van der Waals surface area contributed by atoms with E-state index in [9.17, 15) is 14.4 Å². The first-order valence-corrected chi connectivity index (χ1v) is 16.1. The molecule has 1 rings (SSSR count). The summed E-state index contributed by atoms with van der Waals surface area (Å²) < 4.78 is 5.47. The summed E-state index contributed by atoms with van der Waals surface area (Å²) in [6, 6.07) is 5.56. The van der Waals surface area contributed by atoms with E-state index >= 15 is 0 Å². The van der Waals surface area contributed by atoms with Crippen molar-refractivity contribution in [1.82, 2.24) is 15.5 Å². The van der Waals surface area contributed by atoms with Gasteiger partial charge in [-0.15, -0.1) is 6.42 Å². The van der Waals surface area contributed by atoms with E-state index in [1.165, 1.54) is 0 Å². The van der Waals surface area contributed by atoms with Gasteiger partial charge in [-0.3, -0.25) is 9.59 Å². The first kappa shape index (κ1) is 35.4. The molecule has 0 saturated heterocycles. The van der Waals surface area contributed by atoms with Crippen LogP contribution in [0.5, 0.6) is 0 Å². The molecule has 1 aromatic carbocycles. The average molecular weight is 574 g/mol. The van der Waals surface area contributed by atoms with Gasteiger partial charge in [0.2, 0.25) is 11.8 Å². The average Bonchev–Trinajstić information content (AvgIpc) is 2.91. The molecule has 0 radical (unpaired) electrons. The normalized spacial score (nSPS) is 12.6. The van der Waals surface area contributed by atoms with Crippen LogP contribution in [0.4, 0.5) is 4.79 Å². The van der Waals surface area contributed by atoms with Crippen LogP contribution in [0.3, 0.4) is 0 Å². The molecule has 0 saturated carbocycles. The third kappa shape index (κ3) is 13.6. The lowest BCUT2D eigenvalue weighted by Gasteiger charge is -2.34. The highest BCUT2D eigenvalue weighted by Crippen LogP contribution is 2.25. The largest absolute Gasteiger partial charge is 0.444 e. The predicted molar refractivity (Wildman–Crippen MR) is 166 cm³/mol. The van der Waals surface area contributed by atoms with Crippen LogP contribution >= 0.6 is 11.8 Å². The van der Waals surface area contributed by atoms with Gasteiger partial charge in [-0.1, -0.05) is 70.4 Å². The van der Waals surface area contributed by atoms with Crippen molar-refractivity contribution in [2.24, 2.45) is 0 Å². The van der Waals surface area contributed by atoms with E-state index in [2.05, 4.69) is 30.4 Å². The fraction of sp³-hybridized carbons (Fsp3) is 0.656. The Hall–Kier alpha value is -2.66. The number of carbonyl (C=O) groups is 3. The van der Waals surface area contributed by atoms with Crippen molar-refractivity contribution in [3.8, 4) is 12.3 Å². The molecule has 0 aliphatic rings. The molecule has 0 aromatic heterocycles. The summed E-state index contributed by atoms with van der Waals surface area (Å²) in [5.74, 6) is 2.76. The Bertz CT molecular complexity index is 937. The molecule has 1 aromatic rings. The van der Waals surface area contributed by atoms with Crippen LogP contribution < -0.4 is 10.6 Å². The topological polar surface area (TPSA) is 87.7 Å². The van der Waals surface area contributed by atoms with Crippen molar-refractivity contribution < 1.29 is 19.1 Å². The zero-order valence-electron chi connectivity index (χ0n) is 25.5. The van der Waals surface area contributed by atoms with Gasteiger partial charge in [0.25, 0.3) is 0 Å². The van der Waals surface area contributed by atoms with Crippen LogP contribution in [-0.2, 0) is 14.3 Å². The summed E-state index contributed by atoms with van der Waals surface area (Å²) in [5.41, 5.74) is 0.693. The number of hydrogen-bond donors (Lipinski definition) is 2. The molecule has 2 N–H and O–H groups in total. The molecule has 0 spiro atoms. The van der Waals surface area contributed by atoms with E-state index in [4.69, 9.17) is 11.2 Å². The number of ether oxygens (including phenoxy) is 1. The van der Waals surface area contributed by atoms with E-state index in [-0.39, 0.29) is 11.8 Å². The van der Waals surface area contributed by atoms with Crippen molar-refractivity contribution in [2.45, 2.75) is 110 Å². The molecule has 224 valence electrons. The van der Waals surface area contributed by atoms with Gasteiger partial charge in [-0.2, -0.15) is 11.8 Å². The SMILES string of the molecule is C#Cc1ccc(C(C(=O)NCCCCC)N(CCCCCCC)C(=O)C(CCSC)NC(=O)OC(C)(C)C)cc1. The Morgan fingerprint density at radius 2 is 1.62 bits per heavy atom. The van der Waals surface area contributed by atoms with Crippen LogP contribution in [0.2, 0.25) is 0 Å². The van der Waals surface area contributed by atoms with Crippen molar-refractivity contribution in [1.29, 1.82) is 0 Å². The lowest BCUT2D eigenvalue weighted by molar-refractivity contribution is -0.142. The van der Waals surface area contributed by atoms with Gasteiger partial charge < -0.3 is 20.3 Å². The molecule has 2 atom stereocenters. The third-order valence-electron chi connectivity index (χ3n) is 6.42. The maximum atomic E-state index is 14.2. The molecular formula is C32H51N3O4S. The smallest absolute Gasteiger partial charge is 0.408 e. The van der Waals surface area contributed by atoms with E-state index in [1.54, 1.807) is 49.6 Å². The second-order valence-corrected chi connectivity index (χ2v) is 12.1. The number of terminal acetylenes is 1. The van der Waals surface area contributed by atoms with E-state index in [0.717, 1.165) is 51.4 Å². The fourth-order valence-corrected chi connectivity index (χ4v) is 4.78. The van der Waals surface area contributed by atoms with Gasteiger partial charge in [-0.05, 0) is 69.7 Å². The van der Waals surface area contributed by atoms with Gasteiger partial charge in [0.1, 0.15) is 17.7 Å². The first-order valence-electron chi connectivity index (χ1n) is 14.7. The highest BCUT2D eigenvalue weighted by molar-refractivity contribution is 7.98. The summed E-state index contributed by atoms with van der Waals surface area (Å²) in [7, 11) is 0. The number of thioether (sulfide) groups is 1. The van der Waals surface area contributed by atoms with Crippen LogP contribution in [0.15, 0.2) is 24.3 Å². The van der Waals surface area contributed by atoms with Gasteiger partial charge in [0.05, 0.1) is 0 Å². The zero-order valence-corrected chi connectivity index (χ0v) is 26.3. The Labute approximate surface area is 246 Å². The zero-order chi connectivity index (χ0) is 30.0. The second kappa shape index (κ2) is 19.4. The van der Waals surface area contributed by atoms with Crippen molar-refractivity contribution in [3.05, 3.63) is 35.4 Å². The molecule has 2 unspecified atom stereocenters. The number of amides is 3. The van der Waals surface area contributed by atoms with Crippen molar-refractivity contribution in [2.75, 3.05) is 25.1 Å². The molecule has 3 amide bonds. The number of alkyl carbamates (subject to hydrolysis) is 1. The summed E-state index contributed by atoms with van der Waals surface area (Å²) in [4.78, 5) is 42.3. The maximum absolute atomic E-state index is 14.2. The lowest BCUT2D eigenvalue weighted by Crippen LogP contribution is -2.53. The van der Waals surface area contributed by atoms with Crippen molar-refractivity contribution >= 4 is 29.7 Å². The van der Waals surface area contributed by atoms with Crippen LogP contribution in [0, 0.1) is 12.3 Å². The maximum Gasteiger partial charge on any atom is 0.408 e. The van der Waals surface area contributed by atoms with Crippen molar-refractivity contribution in [3.63, 3.8) is 0 Å². The molecule has 40 heavy (non-hydrogen) atoms. The lowest BCUT2D eigenvalue weighted by atomic mass is 10.00. The van der Waals surface area contributed by atoms with Crippen LogP contribution in [0.25, 0.3) is 0 Å². The molecule has 0 aliphatic carbocycles. The standard InChI is InChI=1S/C32H51N3O4S/c1-8-11-13-14-16-23-35(30(37)27(21-24-40-7)34-31(38)39-32(4,5)6)28(29(36)33-22-15-12-9-2)26-19-17-25(10-3)18-20-26/h3,17-20,27-28H,8-9,11-16,21-24H2,1-2,4-7H3,(H,33,36)(H,34,38). The molecular weight excluding hydrogens is 522 g/mol. The van der Waals surface area contributed by atoms with Gasteiger partial charge >= 0.3 is 6.09 Å². The van der Waals surface area contributed by atoms with Crippen LogP contribution in [0.1, 0.15) is 110 Å². The van der Waals surface area contributed by atoms with Gasteiger partial charge in [-0.25, -0.2) is 4.79 Å². The monoisotopic (exact) mass is 573 g/mol. The van der Waals surface area contributed by atoms with E-state index < -0.39 is 23.8 Å². The summed E-state index contributed by atoms with van der Waals surface area (Å²) >= 11 is 1.60. The highest BCUT2D eigenvalue weighted by Gasteiger charge is 2.35. The Morgan fingerprint density at radius 1 is 1.00 bits per heavy atom. The number of nitrogens with one attached hydrogen (secondary N) is 2. The quantitative estimate of drug-likeness (QED) is 0.155. The minimum absolute atomic E-state index is 0.229. The molecule has 0 fully saturated rings. The minimum Gasteiger partial charge on any atom is -0.444 e. The third-order valence-corrected chi connectivity index (χ3v) is 7.06. The number of carbonyl (C=O) groups excluding carboxylic acids is 3. The molecule has 8 heteroatoms. The second-order valence-electron chi connectivity index (χ2n) is 11.1. The number of unbranched alkanes of at least 4 members (excludes halogenated alkanes) is 6. The van der Waals surface area contributed by atoms with Gasteiger partial charge in [0, 0.05) is 18.7 Å². The molecule has 0 aliphatic heterocycles. The molecule has 0 heterocycles. The Balaban J connectivity index is 3.43. The number of rotatable bonds is 18. The Kier molecular flexibility index (Phi) is 17.2. The highest BCUT2D eigenvalue weighted by atomic mass is 32.2. The van der Waals surface area contributed by atoms with Gasteiger partial charge in [0.15, 0.2) is 0 Å². The summed E-state index contributed by atoms with van der Waals surface area (Å²) in [6.07, 6.45) is 15.2. The molecule has 7 nitrogen and oxygen atoms in total. The molecule has 0 bridgehead atoms.